The number of hydrogen-bond acceptors (Lipinski definition) is 2. The van der Waals surface area contributed by atoms with Crippen molar-refractivity contribution in [3.05, 3.63) is 34.4 Å². The second kappa shape index (κ2) is 5.35. The largest absolute Gasteiger partial charge is 0.305 e. The van der Waals surface area contributed by atoms with Crippen molar-refractivity contribution in [2.24, 2.45) is 5.10 Å². The van der Waals surface area contributed by atoms with E-state index in [4.69, 9.17) is 0 Å². The van der Waals surface area contributed by atoms with Crippen LogP contribution in [0.25, 0.3) is 0 Å². The summed E-state index contributed by atoms with van der Waals surface area (Å²) in [6.07, 6.45) is 2.84. The molecule has 94 valence electrons. The van der Waals surface area contributed by atoms with Crippen molar-refractivity contribution in [3.8, 4) is 0 Å². The van der Waals surface area contributed by atoms with Gasteiger partial charge >= 0.3 is 0 Å². The monoisotopic (exact) mass is 232 g/mol. The minimum absolute atomic E-state index is 0.0356. The molecule has 1 aromatic carbocycles. The van der Waals surface area contributed by atoms with Gasteiger partial charge in [0.05, 0.1) is 0 Å². The predicted molar refractivity (Wildman–Crippen MR) is 75.7 cm³/mol. The third kappa shape index (κ3) is 4.59. The lowest BCUT2D eigenvalue weighted by molar-refractivity contribution is 0.442. The number of nitrogens with zero attached hydrogens (tertiary/aromatic N) is 1. The molecule has 0 saturated heterocycles. The second-order valence-electron chi connectivity index (χ2n) is 5.75. The van der Waals surface area contributed by atoms with E-state index < -0.39 is 0 Å². The van der Waals surface area contributed by atoms with Crippen LogP contribution in [0.1, 0.15) is 43.0 Å². The Morgan fingerprint density at radius 2 is 1.65 bits per heavy atom. The number of rotatable bonds is 3. The Kier molecular flexibility index (Phi) is 4.33. The van der Waals surface area contributed by atoms with Crippen molar-refractivity contribution in [1.82, 2.24) is 5.43 Å². The summed E-state index contributed by atoms with van der Waals surface area (Å²) in [5, 5.41) is 4.27. The van der Waals surface area contributed by atoms with E-state index >= 15 is 0 Å². The normalized spacial score (nSPS) is 12.1. The predicted octanol–water partition coefficient (Wildman–Crippen LogP) is 3.53. The maximum absolute atomic E-state index is 4.27. The Balaban J connectivity index is 2.70. The number of nitrogens with one attached hydrogen (secondary N) is 1. The van der Waals surface area contributed by atoms with E-state index in [1.54, 1.807) is 0 Å². The molecule has 0 aliphatic heterocycles. The second-order valence-corrected chi connectivity index (χ2v) is 5.75. The van der Waals surface area contributed by atoms with Crippen LogP contribution >= 0.6 is 0 Å². The van der Waals surface area contributed by atoms with Gasteiger partial charge in [-0.2, -0.15) is 5.10 Å². The Morgan fingerprint density at radius 1 is 1.12 bits per heavy atom. The number of hydrogen-bond donors (Lipinski definition) is 1. The standard InChI is InChI=1S/C15H24N2/c1-11-9-12(2)14(13(3)10-11)7-8-16-17-15(4,5)6/h8-10,17H,7H2,1-6H3/b16-8-. The lowest BCUT2D eigenvalue weighted by Crippen LogP contribution is -2.31. The van der Waals surface area contributed by atoms with Crippen LogP contribution < -0.4 is 5.43 Å². The molecule has 2 nitrogen and oxygen atoms in total. The van der Waals surface area contributed by atoms with E-state index in [9.17, 15) is 0 Å². The minimum Gasteiger partial charge on any atom is -0.305 e. The number of aryl methyl sites for hydroxylation is 3. The van der Waals surface area contributed by atoms with Crippen molar-refractivity contribution in [2.75, 3.05) is 0 Å². The summed E-state index contributed by atoms with van der Waals surface area (Å²) < 4.78 is 0. The summed E-state index contributed by atoms with van der Waals surface area (Å²) in [7, 11) is 0. The Morgan fingerprint density at radius 3 is 2.12 bits per heavy atom. The van der Waals surface area contributed by atoms with Crippen molar-refractivity contribution >= 4 is 6.21 Å². The summed E-state index contributed by atoms with van der Waals surface area (Å²) in [6, 6.07) is 4.46. The molecule has 1 N–H and O–H groups in total. The molecule has 0 aromatic heterocycles. The van der Waals surface area contributed by atoms with Gasteiger partial charge in [0.25, 0.3) is 0 Å². The molecule has 1 aromatic rings. The summed E-state index contributed by atoms with van der Waals surface area (Å²) in [4.78, 5) is 0. The third-order valence-electron chi connectivity index (χ3n) is 2.63. The van der Waals surface area contributed by atoms with Gasteiger partial charge in [0.15, 0.2) is 0 Å². The molecule has 0 amide bonds. The van der Waals surface area contributed by atoms with E-state index in [1.165, 1.54) is 22.3 Å². The van der Waals surface area contributed by atoms with Gasteiger partial charge in [0.2, 0.25) is 0 Å². The van der Waals surface area contributed by atoms with Crippen LogP contribution in [0, 0.1) is 20.8 Å². The van der Waals surface area contributed by atoms with Gasteiger partial charge in [0, 0.05) is 18.2 Å². The Hall–Kier alpha value is -1.31. The summed E-state index contributed by atoms with van der Waals surface area (Å²) in [5.41, 5.74) is 8.56. The van der Waals surface area contributed by atoms with Crippen LogP contribution in [0.5, 0.6) is 0 Å². The maximum atomic E-state index is 4.27. The molecular weight excluding hydrogens is 208 g/mol. The fraction of sp³-hybridized carbons (Fsp3) is 0.533. The van der Waals surface area contributed by atoms with E-state index in [0.29, 0.717) is 0 Å². The average Bonchev–Trinajstić information content (AvgIpc) is 2.13. The van der Waals surface area contributed by atoms with Crippen LogP contribution in [0.15, 0.2) is 17.2 Å². The fourth-order valence-electron chi connectivity index (χ4n) is 1.91. The first-order valence-corrected chi connectivity index (χ1v) is 6.15. The molecule has 0 heterocycles. The summed E-state index contributed by atoms with van der Waals surface area (Å²) in [5.74, 6) is 0. The number of hydrazone groups is 1. The highest BCUT2D eigenvalue weighted by Gasteiger charge is 2.06. The first-order chi connectivity index (χ1) is 7.79. The highest BCUT2D eigenvalue weighted by Crippen LogP contribution is 2.16. The highest BCUT2D eigenvalue weighted by molar-refractivity contribution is 5.63. The molecule has 2 heteroatoms. The van der Waals surface area contributed by atoms with Gasteiger partial charge in [-0.1, -0.05) is 17.7 Å². The lowest BCUT2D eigenvalue weighted by atomic mass is 9.98. The van der Waals surface area contributed by atoms with Gasteiger partial charge in [0.1, 0.15) is 0 Å². The van der Waals surface area contributed by atoms with E-state index in [2.05, 4.69) is 64.2 Å². The minimum atomic E-state index is 0.0356. The highest BCUT2D eigenvalue weighted by atomic mass is 15.3. The fourth-order valence-corrected chi connectivity index (χ4v) is 1.91. The van der Waals surface area contributed by atoms with E-state index in [-0.39, 0.29) is 5.54 Å². The molecule has 0 bridgehead atoms. The molecular formula is C15H24N2. The first kappa shape index (κ1) is 13.8. The molecule has 0 spiro atoms. The first-order valence-electron chi connectivity index (χ1n) is 6.15. The SMILES string of the molecule is Cc1cc(C)c(C/C=N\NC(C)(C)C)c(C)c1. The molecule has 0 radical (unpaired) electrons. The lowest BCUT2D eigenvalue weighted by Gasteiger charge is -2.17. The molecule has 17 heavy (non-hydrogen) atoms. The van der Waals surface area contributed by atoms with Crippen LogP contribution in [-0.4, -0.2) is 11.8 Å². The van der Waals surface area contributed by atoms with Gasteiger partial charge in [-0.15, -0.1) is 0 Å². The van der Waals surface area contributed by atoms with Crippen LogP contribution in [0.3, 0.4) is 0 Å². The molecule has 0 fully saturated rings. The molecule has 0 aliphatic rings. The van der Waals surface area contributed by atoms with Gasteiger partial charge in [-0.3, -0.25) is 0 Å². The third-order valence-corrected chi connectivity index (χ3v) is 2.63. The number of benzene rings is 1. The zero-order valence-corrected chi connectivity index (χ0v) is 11.9. The Labute approximate surface area is 105 Å². The van der Waals surface area contributed by atoms with E-state index in [1.807, 2.05) is 6.21 Å². The molecule has 0 aliphatic carbocycles. The Bertz CT molecular complexity index is 388. The average molecular weight is 232 g/mol. The van der Waals surface area contributed by atoms with Gasteiger partial charge in [-0.05, 0) is 58.2 Å². The smallest absolute Gasteiger partial charge is 0.0464 e. The molecule has 0 saturated carbocycles. The molecule has 1 rings (SSSR count). The van der Waals surface area contributed by atoms with Gasteiger partial charge < -0.3 is 5.43 Å². The van der Waals surface area contributed by atoms with Crippen LogP contribution in [0.2, 0.25) is 0 Å². The van der Waals surface area contributed by atoms with Crippen LogP contribution in [0.4, 0.5) is 0 Å². The van der Waals surface area contributed by atoms with Crippen molar-refractivity contribution in [2.45, 2.75) is 53.5 Å². The zero-order chi connectivity index (χ0) is 13.1. The van der Waals surface area contributed by atoms with Crippen LogP contribution in [-0.2, 0) is 6.42 Å². The van der Waals surface area contributed by atoms with Crippen molar-refractivity contribution < 1.29 is 0 Å². The summed E-state index contributed by atoms with van der Waals surface area (Å²) >= 11 is 0. The maximum Gasteiger partial charge on any atom is 0.0464 e. The summed E-state index contributed by atoms with van der Waals surface area (Å²) in [6.45, 7) is 12.8. The molecule has 0 unspecified atom stereocenters. The topological polar surface area (TPSA) is 24.4 Å². The van der Waals surface area contributed by atoms with Gasteiger partial charge in [-0.25, -0.2) is 0 Å². The van der Waals surface area contributed by atoms with Crippen molar-refractivity contribution in [1.29, 1.82) is 0 Å². The quantitative estimate of drug-likeness (QED) is 0.625. The molecule has 0 atom stereocenters. The zero-order valence-electron chi connectivity index (χ0n) is 11.9. The van der Waals surface area contributed by atoms with Crippen molar-refractivity contribution in [3.63, 3.8) is 0 Å². The van der Waals surface area contributed by atoms with E-state index in [0.717, 1.165) is 6.42 Å².